The van der Waals surface area contributed by atoms with Crippen molar-refractivity contribution in [3.63, 3.8) is 0 Å². The van der Waals surface area contributed by atoms with Crippen molar-refractivity contribution in [2.24, 2.45) is 0 Å². The Kier molecular flexibility index (Phi) is 5.39. The van der Waals surface area contributed by atoms with Crippen LogP contribution in [-0.4, -0.2) is 56.3 Å². The number of nitrogens with zero attached hydrogens (tertiary/aromatic N) is 5. The van der Waals surface area contributed by atoms with Crippen molar-refractivity contribution in [2.45, 2.75) is 20.4 Å². The van der Waals surface area contributed by atoms with Crippen LogP contribution in [0.25, 0.3) is 11.0 Å². The molecule has 8 nitrogen and oxygen atoms in total. The summed E-state index contributed by atoms with van der Waals surface area (Å²) >= 11 is 0. The monoisotopic (exact) mass is 341 g/mol. The lowest BCUT2D eigenvalue weighted by atomic mass is 10.2. The van der Waals surface area contributed by atoms with Gasteiger partial charge in [0, 0.05) is 13.1 Å². The molecule has 0 aliphatic carbocycles. The number of nitrogens with one attached hydrogen (secondary N) is 2. The fourth-order valence-corrected chi connectivity index (χ4v) is 2.77. The molecule has 0 aliphatic rings. The van der Waals surface area contributed by atoms with E-state index in [0.717, 1.165) is 31.7 Å². The van der Waals surface area contributed by atoms with Gasteiger partial charge in [-0.15, -0.1) is 5.10 Å². The molecule has 3 aromatic rings. The molecule has 0 atom stereocenters. The minimum atomic E-state index is -0.287. The minimum Gasteiger partial charge on any atom is -0.365 e. The number of anilines is 1. The van der Waals surface area contributed by atoms with Gasteiger partial charge in [0.1, 0.15) is 0 Å². The minimum absolute atomic E-state index is 0.287. The summed E-state index contributed by atoms with van der Waals surface area (Å²) in [5, 5.41) is 18.2. The van der Waals surface area contributed by atoms with Gasteiger partial charge in [-0.3, -0.25) is 4.79 Å². The van der Waals surface area contributed by atoms with Crippen LogP contribution < -0.4 is 10.9 Å². The Hall–Kier alpha value is -2.74. The van der Waals surface area contributed by atoms with Crippen molar-refractivity contribution >= 4 is 16.9 Å². The Labute approximate surface area is 145 Å². The highest BCUT2D eigenvalue weighted by Gasteiger charge is 2.14. The molecule has 2 heterocycles. The number of rotatable bonds is 8. The van der Waals surface area contributed by atoms with Gasteiger partial charge in [-0.05, 0) is 18.7 Å². The summed E-state index contributed by atoms with van der Waals surface area (Å²) in [6, 6.07) is 9.86. The number of H-pyrrole nitrogens is 1. The van der Waals surface area contributed by atoms with Crippen LogP contribution in [0.1, 0.15) is 19.4 Å². The molecular formula is C17H23N7O. The average Bonchev–Trinajstić information content (AvgIpc) is 3.06. The van der Waals surface area contributed by atoms with Gasteiger partial charge in [0.25, 0.3) is 5.56 Å². The zero-order valence-electron chi connectivity index (χ0n) is 14.6. The molecule has 25 heavy (non-hydrogen) atoms. The number of hydrogen-bond acceptors (Lipinski definition) is 6. The Balaban J connectivity index is 1.82. The number of fused-ring (bicyclic) bond motifs is 1. The number of aromatic nitrogens is 5. The van der Waals surface area contributed by atoms with E-state index in [4.69, 9.17) is 0 Å². The normalized spacial score (nSPS) is 11.3. The van der Waals surface area contributed by atoms with Gasteiger partial charge in [-0.25, -0.2) is 9.78 Å². The second-order valence-electron chi connectivity index (χ2n) is 5.78. The van der Waals surface area contributed by atoms with Gasteiger partial charge in [0.2, 0.25) is 0 Å². The zero-order valence-corrected chi connectivity index (χ0v) is 14.6. The van der Waals surface area contributed by atoms with Crippen LogP contribution in [0.2, 0.25) is 0 Å². The molecule has 0 radical (unpaired) electrons. The molecule has 0 saturated heterocycles. The molecule has 2 N–H and O–H groups in total. The predicted octanol–water partition coefficient (Wildman–Crippen LogP) is 1.32. The first-order valence-electron chi connectivity index (χ1n) is 8.55. The third kappa shape index (κ3) is 3.85. The smallest absolute Gasteiger partial charge is 0.292 e. The van der Waals surface area contributed by atoms with Crippen molar-refractivity contribution in [1.82, 2.24) is 30.1 Å². The molecule has 8 heteroatoms. The molecule has 0 aliphatic heterocycles. The van der Waals surface area contributed by atoms with Crippen LogP contribution in [0.15, 0.2) is 35.1 Å². The first-order chi connectivity index (χ1) is 12.2. The summed E-state index contributed by atoms with van der Waals surface area (Å²) in [5.74, 6) is 0.557. The third-order valence-electron chi connectivity index (χ3n) is 4.23. The Morgan fingerprint density at radius 3 is 2.68 bits per heavy atom. The molecule has 132 valence electrons. The van der Waals surface area contributed by atoms with Gasteiger partial charge < -0.3 is 10.2 Å². The molecule has 1 aromatic carbocycles. The fourth-order valence-electron chi connectivity index (χ4n) is 2.77. The largest absolute Gasteiger partial charge is 0.365 e. The Morgan fingerprint density at radius 2 is 1.96 bits per heavy atom. The summed E-state index contributed by atoms with van der Waals surface area (Å²) in [4.78, 5) is 14.5. The lowest BCUT2D eigenvalue weighted by molar-refractivity contribution is 0.316. The van der Waals surface area contributed by atoms with Crippen molar-refractivity contribution < 1.29 is 0 Å². The Morgan fingerprint density at radius 1 is 1.20 bits per heavy atom. The molecule has 0 bridgehead atoms. The van der Waals surface area contributed by atoms with E-state index in [2.05, 4.69) is 44.6 Å². The average molecular weight is 341 g/mol. The van der Waals surface area contributed by atoms with Crippen LogP contribution in [-0.2, 0) is 6.54 Å². The SMILES string of the molecule is CCN(CC)CCNc1n[nH]c(=O)c2c1nnn2Cc1ccccc1. The van der Waals surface area contributed by atoms with E-state index in [-0.39, 0.29) is 5.56 Å². The summed E-state index contributed by atoms with van der Waals surface area (Å²) < 4.78 is 1.61. The quantitative estimate of drug-likeness (QED) is 0.642. The van der Waals surface area contributed by atoms with Gasteiger partial charge in [0.05, 0.1) is 6.54 Å². The lowest BCUT2D eigenvalue weighted by Crippen LogP contribution is -2.29. The molecule has 3 rings (SSSR count). The molecule has 0 fully saturated rings. The van der Waals surface area contributed by atoms with Crippen molar-refractivity contribution in [2.75, 3.05) is 31.5 Å². The summed E-state index contributed by atoms with van der Waals surface area (Å²) in [6.07, 6.45) is 0. The van der Waals surface area contributed by atoms with Crippen LogP contribution >= 0.6 is 0 Å². The number of hydrogen-bond donors (Lipinski definition) is 2. The second kappa shape index (κ2) is 7.89. The van der Waals surface area contributed by atoms with Crippen LogP contribution in [0.4, 0.5) is 5.82 Å². The molecule has 2 aromatic heterocycles. The lowest BCUT2D eigenvalue weighted by Gasteiger charge is -2.18. The van der Waals surface area contributed by atoms with E-state index >= 15 is 0 Å². The first kappa shape index (κ1) is 17.1. The number of benzene rings is 1. The van der Waals surface area contributed by atoms with Crippen molar-refractivity contribution in [3.05, 3.63) is 46.2 Å². The molecular weight excluding hydrogens is 318 g/mol. The maximum atomic E-state index is 12.2. The van der Waals surface area contributed by atoms with Crippen LogP contribution in [0.5, 0.6) is 0 Å². The van der Waals surface area contributed by atoms with Gasteiger partial charge >= 0.3 is 0 Å². The highest BCUT2D eigenvalue weighted by Crippen LogP contribution is 2.15. The zero-order chi connectivity index (χ0) is 17.6. The van der Waals surface area contributed by atoms with E-state index in [1.165, 1.54) is 0 Å². The summed E-state index contributed by atoms with van der Waals surface area (Å²) in [6.45, 7) is 8.38. The summed E-state index contributed by atoms with van der Waals surface area (Å²) in [7, 11) is 0. The number of likely N-dealkylation sites (N-methyl/N-ethyl adjacent to an activating group) is 1. The molecule has 0 saturated carbocycles. The van der Waals surface area contributed by atoms with E-state index in [1.54, 1.807) is 4.68 Å². The Bertz CT molecular complexity index is 868. The fraction of sp³-hybridized carbons (Fsp3) is 0.412. The van der Waals surface area contributed by atoms with E-state index in [9.17, 15) is 4.79 Å². The third-order valence-corrected chi connectivity index (χ3v) is 4.23. The maximum absolute atomic E-state index is 12.2. The highest BCUT2D eigenvalue weighted by atomic mass is 16.1. The van der Waals surface area contributed by atoms with Gasteiger partial charge in [0.15, 0.2) is 16.9 Å². The molecule has 0 unspecified atom stereocenters. The predicted molar refractivity (Wildman–Crippen MR) is 97.8 cm³/mol. The second-order valence-corrected chi connectivity index (χ2v) is 5.78. The van der Waals surface area contributed by atoms with E-state index < -0.39 is 0 Å². The molecule has 0 spiro atoms. The van der Waals surface area contributed by atoms with Crippen LogP contribution in [0, 0.1) is 0 Å². The standard InChI is InChI=1S/C17H23N7O/c1-3-23(4-2)11-10-18-16-14-15(17(25)21-20-16)24(22-19-14)12-13-8-6-5-7-9-13/h5-9H,3-4,10-12H2,1-2H3,(H,18,20)(H,21,25). The first-order valence-corrected chi connectivity index (χ1v) is 8.55. The van der Waals surface area contributed by atoms with E-state index in [1.807, 2.05) is 30.3 Å². The van der Waals surface area contributed by atoms with Crippen LogP contribution in [0.3, 0.4) is 0 Å². The van der Waals surface area contributed by atoms with Gasteiger partial charge in [-0.2, -0.15) is 5.10 Å². The topological polar surface area (TPSA) is 91.7 Å². The van der Waals surface area contributed by atoms with Gasteiger partial charge in [-0.1, -0.05) is 49.4 Å². The highest BCUT2D eigenvalue weighted by molar-refractivity contribution is 5.84. The number of aromatic amines is 1. The van der Waals surface area contributed by atoms with Crippen molar-refractivity contribution in [1.29, 1.82) is 0 Å². The summed E-state index contributed by atoms with van der Waals surface area (Å²) in [5.41, 5.74) is 1.70. The van der Waals surface area contributed by atoms with E-state index in [0.29, 0.717) is 23.4 Å². The van der Waals surface area contributed by atoms with Crippen molar-refractivity contribution in [3.8, 4) is 0 Å². The maximum Gasteiger partial charge on any atom is 0.292 e. The molecule has 0 amide bonds.